The molecule has 0 saturated heterocycles. The number of esters is 1. The van der Waals surface area contributed by atoms with Crippen LogP contribution >= 0.6 is 8.25 Å². The van der Waals surface area contributed by atoms with Crippen molar-refractivity contribution in [1.82, 2.24) is 0 Å². The third-order valence-electron chi connectivity index (χ3n) is 2.02. The van der Waals surface area contributed by atoms with Crippen LogP contribution in [0, 0.1) is 0 Å². The van der Waals surface area contributed by atoms with Crippen LogP contribution in [0.15, 0.2) is 11.6 Å². The molecule has 6 heteroatoms. The van der Waals surface area contributed by atoms with Gasteiger partial charge in [-0.25, -0.2) is 4.79 Å². The molecule has 2 unspecified atom stereocenters. The summed E-state index contributed by atoms with van der Waals surface area (Å²) in [5.74, 6) is -0.478. The lowest BCUT2D eigenvalue weighted by molar-refractivity contribution is -0.137. The second-order valence-electron chi connectivity index (χ2n) is 3.63. The molecule has 0 saturated carbocycles. The minimum absolute atomic E-state index is 0.298. The van der Waals surface area contributed by atoms with E-state index >= 15 is 0 Å². The maximum absolute atomic E-state index is 11.0. The highest BCUT2D eigenvalue weighted by atomic mass is 31.1. The minimum atomic E-state index is -2.65. The number of ether oxygens (including phenoxy) is 1. The molecule has 0 aromatic carbocycles. The van der Waals surface area contributed by atoms with E-state index in [1.54, 1.807) is 20.8 Å². The maximum Gasteiger partial charge on any atom is 0.695 e. The zero-order valence-electron chi connectivity index (χ0n) is 11.8. The molecule has 0 radical (unpaired) electrons. The van der Waals surface area contributed by atoms with Crippen molar-refractivity contribution in [2.24, 2.45) is 0 Å². The quantitative estimate of drug-likeness (QED) is 0.458. The van der Waals surface area contributed by atoms with Crippen LogP contribution in [0.3, 0.4) is 0 Å². The Balaban J connectivity index is 0. The van der Waals surface area contributed by atoms with Gasteiger partial charge in [0.1, 0.15) is 6.10 Å². The molecule has 0 spiro atoms. The van der Waals surface area contributed by atoms with Gasteiger partial charge in [-0.05, 0) is 26.3 Å². The summed E-state index contributed by atoms with van der Waals surface area (Å²) >= 11 is 0. The highest BCUT2D eigenvalue weighted by molar-refractivity contribution is 7.32. The Kier molecular flexibility index (Phi) is 13.8. The van der Waals surface area contributed by atoms with Crippen LogP contribution in [0.1, 0.15) is 47.5 Å². The first kappa shape index (κ1) is 19.6. The lowest BCUT2D eigenvalue weighted by atomic mass is 10.2. The minimum Gasteiger partial charge on any atom is -0.463 e. The van der Waals surface area contributed by atoms with Gasteiger partial charge in [0.25, 0.3) is 0 Å². The lowest BCUT2D eigenvalue weighted by Gasteiger charge is -2.03. The van der Waals surface area contributed by atoms with Gasteiger partial charge in [0.15, 0.2) is 0 Å². The molecule has 0 heterocycles. The molecule has 1 N–H and O–H groups in total. The SMILES string of the molecule is CCCC.CCOC(=O)/C=C(\C)C(C)O[P+](=O)O. The van der Waals surface area contributed by atoms with Crippen LogP contribution in [0.4, 0.5) is 0 Å². The Morgan fingerprint density at radius 2 is 1.83 bits per heavy atom. The molecule has 0 aliphatic rings. The summed E-state index contributed by atoms with van der Waals surface area (Å²) in [7, 11) is -2.65. The molecule has 106 valence electrons. The van der Waals surface area contributed by atoms with E-state index in [0.717, 1.165) is 0 Å². The Morgan fingerprint density at radius 1 is 1.33 bits per heavy atom. The number of carbonyl (C=O) groups is 1. The molecular formula is C12H24O5P+. The second kappa shape index (κ2) is 12.7. The fourth-order valence-corrected chi connectivity index (χ4v) is 1.14. The summed E-state index contributed by atoms with van der Waals surface area (Å²) in [6, 6.07) is 0. The summed E-state index contributed by atoms with van der Waals surface area (Å²) in [6.45, 7) is 9.56. The monoisotopic (exact) mass is 279 g/mol. The first-order valence-electron chi connectivity index (χ1n) is 6.06. The van der Waals surface area contributed by atoms with Crippen LogP contribution in [0.5, 0.6) is 0 Å². The number of rotatable bonds is 6. The highest BCUT2D eigenvalue weighted by Crippen LogP contribution is 2.21. The predicted molar refractivity (Wildman–Crippen MR) is 71.3 cm³/mol. The van der Waals surface area contributed by atoms with Gasteiger partial charge in [0, 0.05) is 10.6 Å². The van der Waals surface area contributed by atoms with Crippen LogP contribution in [-0.4, -0.2) is 23.6 Å². The van der Waals surface area contributed by atoms with Crippen molar-refractivity contribution in [1.29, 1.82) is 0 Å². The van der Waals surface area contributed by atoms with Crippen molar-refractivity contribution in [2.45, 2.75) is 53.6 Å². The van der Waals surface area contributed by atoms with Gasteiger partial charge in [-0.2, -0.15) is 0 Å². The number of unbranched alkanes of at least 4 members (excludes halogenated alkanes) is 1. The molecule has 0 aliphatic heterocycles. The van der Waals surface area contributed by atoms with Crippen molar-refractivity contribution in [3.63, 3.8) is 0 Å². The molecule has 0 bridgehead atoms. The first-order valence-corrected chi connectivity index (χ1v) is 7.19. The van der Waals surface area contributed by atoms with Crippen molar-refractivity contribution in [2.75, 3.05) is 6.61 Å². The predicted octanol–water partition coefficient (Wildman–Crippen LogP) is 3.36. The van der Waals surface area contributed by atoms with E-state index in [1.807, 2.05) is 0 Å². The van der Waals surface area contributed by atoms with E-state index in [1.165, 1.54) is 18.9 Å². The number of hydrogen-bond donors (Lipinski definition) is 1. The van der Waals surface area contributed by atoms with E-state index in [2.05, 4.69) is 23.1 Å². The fraction of sp³-hybridized carbons (Fsp3) is 0.750. The zero-order valence-corrected chi connectivity index (χ0v) is 12.7. The molecule has 18 heavy (non-hydrogen) atoms. The van der Waals surface area contributed by atoms with Gasteiger partial charge in [-0.15, -0.1) is 9.42 Å². The van der Waals surface area contributed by atoms with Crippen LogP contribution < -0.4 is 0 Å². The van der Waals surface area contributed by atoms with E-state index in [-0.39, 0.29) is 0 Å². The van der Waals surface area contributed by atoms with E-state index in [9.17, 15) is 9.36 Å². The van der Waals surface area contributed by atoms with E-state index < -0.39 is 20.3 Å². The standard InChI is InChI=1S/C8H13O5P.C4H10/c1-4-12-8(9)5-6(2)7(3)13-14(10)11;1-3-4-2/h5,7H,4H2,1-3H3;3-4H2,1-2H3/p+1/b6-5+;. The van der Waals surface area contributed by atoms with Crippen molar-refractivity contribution in [3.05, 3.63) is 11.6 Å². The van der Waals surface area contributed by atoms with Gasteiger partial charge >= 0.3 is 14.2 Å². The average molecular weight is 279 g/mol. The Bertz CT molecular complexity index is 274. The van der Waals surface area contributed by atoms with Crippen LogP contribution in [0.25, 0.3) is 0 Å². The topological polar surface area (TPSA) is 72.8 Å². The Hall–Kier alpha value is -0.770. The first-order chi connectivity index (χ1) is 8.38. The normalized spacial score (nSPS) is 13.2. The average Bonchev–Trinajstić information content (AvgIpc) is 2.28. The third-order valence-corrected chi connectivity index (χ3v) is 2.52. The fourth-order valence-electron chi connectivity index (χ4n) is 0.706. The zero-order chi connectivity index (χ0) is 14.6. The van der Waals surface area contributed by atoms with Gasteiger partial charge in [0.2, 0.25) is 0 Å². The third kappa shape index (κ3) is 13.3. The van der Waals surface area contributed by atoms with Gasteiger partial charge in [-0.3, -0.25) is 0 Å². The summed E-state index contributed by atoms with van der Waals surface area (Å²) in [4.78, 5) is 19.4. The van der Waals surface area contributed by atoms with Crippen molar-refractivity contribution in [3.8, 4) is 0 Å². The molecule has 0 amide bonds. The van der Waals surface area contributed by atoms with Gasteiger partial charge < -0.3 is 4.74 Å². The molecule has 0 aromatic rings. The van der Waals surface area contributed by atoms with Gasteiger partial charge in [0.05, 0.1) is 6.61 Å². The summed E-state index contributed by atoms with van der Waals surface area (Å²) < 4.78 is 19.5. The Labute approximate surface area is 110 Å². The van der Waals surface area contributed by atoms with E-state index in [4.69, 9.17) is 4.89 Å². The smallest absolute Gasteiger partial charge is 0.463 e. The van der Waals surface area contributed by atoms with Crippen molar-refractivity contribution >= 4 is 14.2 Å². The summed E-state index contributed by atoms with van der Waals surface area (Å²) in [5, 5.41) is 0. The largest absolute Gasteiger partial charge is 0.695 e. The van der Waals surface area contributed by atoms with Gasteiger partial charge in [-0.1, -0.05) is 26.7 Å². The Morgan fingerprint density at radius 3 is 2.17 bits per heavy atom. The summed E-state index contributed by atoms with van der Waals surface area (Å²) in [5.41, 5.74) is 0.542. The number of carbonyl (C=O) groups excluding carboxylic acids is 1. The molecular weight excluding hydrogens is 255 g/mol. The van der Waals surface area contributed by atoms with Crippen LogP contribution in [-0.2, 0) is 18.6 Å². The molecule has 5 nitrogen and oxygen atoms in total. The molecule has 0 fully saturated rings. The molecule has 2 atom stereocenters. The molecule has 0 aliphatic carbocycles. The van der Waals surface area contributed by atoms with E-state index in [0.29, 0.717) is 12.2 Å². The maximum atomic E-state index is 11.0. The molecule has 0 aromatic heterocycles. The number of hydrogen-bond acceptors (Lipinski definition) is 4. The highest BCUT2D eigenvalue weighted by Gasteiger charge is 2.20. The van der Waals surface area contributed by atoms with Crippen LogP contribution in [0.2, 0.25) is 0 Å². The molecule has 0 rings (SSSR count). The van der Waals surface area contributed by atoms with Crippen molar-refractivity contribution < 1.29 is 23.5 Å². The lowest BCUT2D eigenvalue weighted by Crippen LogP contribution is -2.08. The summed E-state index contributed by atoms with van der Waals surface area (Å²) in [6.07, 6.45) is 3.31. The second-order valence-corrected chi connectivity index (χ2v) is 4.31.